The lowest BCUT2D eigenvalue weighted by Gasteiger charge is -2.18. The Kier molecular flexibility index (Phi) is 4.93. The van der Waals surface area contributed by atoms with Crippen molar-refractivity contribution in [2.24, 2.45) is 0 Å². The largest absolute Gasteiger partial charge is 0.340 e. The quantitative estimate of drug-likeness (QED) is 0.506. The zero-order chi connectivity index (χ0) is 19.6. The maximum absolute atomic E-state index is 13.0. The molecule has 0 saturated carbocycles. The van der Waals surface area contributed by atoms with E-state index in [0.29, 0.717) is 5.52 Å². The molecule has 0 bridgehead atoms. The number of nitrogens with zero attached hydrogens (tertiary/aromatic N) is 4. The number of likely N-dealkylation sites (N-methyl/N-ethyl adjacent to an activating group) is 1. The average Bonchev–Trinajstić information content (AvgIpc) is 2.65. The molecule has 1 amide bonds. The summed E-state index contributed by atoms with van der Waals surface area (Å²) in [7, 11) is 1.57. The van der Waals surface area contributed by atoms with Gasteiger partial charge in [0, 0.05) is 25.7 Å². The number of nitro groups is 1. The van der Waals surface area contributed by atoms with E-state index < -0.39 is 10.5 Å². The SMILES string of the molecule is CN(Cc1ccc(F)cc1)C(=O)Cn1cnc2ccc([N+](=O)[O-])cc2c1=O. The molecule has 0 N–H and O–H groups in total. The van der Waals surface area contributed by atoms with E-state index in [-0.39, 0.29) is 35.9 Å². The topological polar surface area (TPSA) is 98.3 Å². The Bertz CT molecular complexity index is 1080. The molecule has 0 unspecified atom stereocenters. The van der Waals surface area contributed by atoms with Gasteiger partial charge in [-0.2, -0.15) is 0 Å². The lowest BCUT2D eigenvalue weighted by molar-refractivity contribution is -0.384. The van der Waals surface area contributed by atoms with Gasteiger partial charge in [-0.1, -0.05) is 12.1 Å². The number of aromatic nitrogens is 2. The summed E-state index contributed by atoms with van der Waals surface area (Å²) in [4.78, 5) is 40.7. The molecular formula is C18H15FN4O4. The van der Waals surface area contributed by atoms with Gasteiger partial charge in [0.25, 0.3) is 11.2 Å². The molecule has 0 fully saturated rings. The van der Waals surface area contributed by atoms with Crippen LogP contribution in [-0.4, -0.2) is 32.3 Å². The highest BCUT2D eigenvalue weighted by Gasteiger charge is 2.15. The van der Waals surface area contributed by atoms with E-state index in [9.17, 15) is 24.1 Å². The third-order valence-electron chi connectivity index (χ3n) is 4.08. The van der Waals surface area contributed by atoms with E-state index in [1.807, 2.05) is 0 Å². The normalized spacial score (nSPS) is 10.7. The Morgan fingerprint density at radius 2 is 1.96 bits per heavy atom. The molecule has 27 heavy (non-hydrogen) atoms. The van der Waals surface area contributed by atoms with Gasteiger partial charge in [-0.15, -0.1) is 0 Å². The maximum Gasteiger partial charge on any atom is 0.270 e. The number of halogens is 1. The average molecular weight is 370 g/mol. The molecule has 1 heterocycles. The molecule has 0 aliphatic carbocycles. The smallest absolute Gasteiger partial charge is 0.270 e. The van der Waals surface area contributed by atoms with Crippen LogP contribution in [0.3, 0.4) is 0 Å². The molecule has 0 spiro atoms. The Morgan fingerprint density at radius 1 is 1.26 bits per heavy atom. The van der Waals surface area contributed by atoms with Crippen molar-refractivity contribution in [2.45, 2.75) is 13.1 Å². The molecule has 0 saturated heterocycles. The Hall–Kier alpha value is -3.62. The Labute approximate surface area is 152 Å². The molecule has 3 rings (SSSR count). The molecule has 138 valence electrons. The third-order valence-corrected chi connectivity index (χ3v) is 4.08. The van der Waals surface area contributed by atoms with E-state index in [2.05, 4.69) is 4.98 Å². The number of benzene rings is 2. The molecule has 0 atom stereocenters. The fourth-order valence-electron chi connectivity index (χ4n) is 2.59. The fraction of sp³-hybridized carbons (Fsp3) is 0.167. The molecule has 0 radical (unpaired) electrons. The van der Waals surface area contributed by atoms with Crippen LogP contribution in [0.4, 0.5) is 10.1 Å². The van der Waals surface area contributed by atoms with E-state index >= 15 is 0 Å². The van der Waals surface area contributed by atoms with Gasteiger partial charge in [-0.05, 0) is 23.8 Å². The summed E-state index contributed by atoms with van der Waals surface area (Å²) in [6, 6.07) is 9.55. The Morgan fingerprint density at radius 3 is 2.63 bits per heavy atom. The zero-order valence-electron chi connectivity index (χ0n) is 14.3. The van der Waals surface area contributed by atoms with E-state index in [1.165, 1.54) is 35.5 Å². The standard InChI is InChI=1S/C18H15FN4O4/c1-21(9-12-2-4-13(19)5-3-12)17(24)10-22-11-20-16-7-6-14(23(26)27)8-15(16)18(22)25/h2-8,11H,9-10H2,1H3. The molecule has 0 aliphatic rings. The van der Waals surface area contributed by atoms with Crippen LogP contribution in [0.1, 0.15) is 5.56 Å². The second-order valence-electron chi connectivity index (χ2n) is 6.01. The van der Waals surface area contributed by atoms with Crippen molar-refractivity contribution in [3.8, 4) is 0 Å². The summed E-state index contributed by atoms with van der Waals surface area (Å²) in [6.07, 6.45) is 1.24. The lowest BCUT2D eigenvalue weighted by atomic mass is 10.2. The number of rotatable bonds is 5. The number of carbonyl (C=O) groups excluding carboxylic acids is 1. The molecule has 9 heteroatoms. The predicted molar refractivity (Wildman–Crippen MR) is 95.5 cm³/mol. The number of fused-ring (bicyclic) bond motifs is 1. The third kappa shape index (κ3) is 3.97. The van der Waals surface area contributed by atoms with Crippen LogP contribution in [0.15, 0.2) is 53.6 Å². The van der Waals surface area contributed by atoms with Gasteiger partial charge in [0.15, 0.2) is 0 Å². The van der Waals surface area contributed by atoms with Crippen molar-refractivity contribution < 1.29 is 14.1 Å². The maximum atomic E-state index is 13.0. The molecule has 1 aromatic heterocycles. The van der Waals surface area contributed by atoms with E-state index in [4.69, 9.17) is 0 Å². The first-order valence-corrected chi connectivity index (χ1v) is 7.97. The van der Waals surface area contributed by atoms with Gasteiger partial charge in [0.2, 0.25) is 5.91 Å². The number of non-ortho nitro benzene ring substituents is 1. The van der Waals surface area contributed by atoms with E-state index in [1.54, 1.807) is 19.2 Å². The summed E-state index contributed by atoms with van der Waals surface area (Å²) in [6.45, 7) is -0.0114. The first-order valence-electron chi connectivity index (χ1n) is 7.97. The molecular weight excluding hydrogens is 355 g/mol. The molecule has 3 aromatic rings. The molecule has 2 aromatic carbocycles. The van der Waals surface area contributed by atoms with Gasteiger partial charge in [-0.25, -0.2) is 9.37 Å². The summed E-state index contributed by atoms with van der Waals surface area (Å²) < 4.78 is 14.1. The predicted octanol–water partition coefficient (Wildman–Crippen LogP) is 2.10. The molecule has 0 aliphatic heterocycles. The monoisotopic (exact) mass is 370 g/mol. The number of hydrogen-bond acceptors (Lipinski definition) is 5. The van der Waals surface area contributed by atoms with Crippen molar-refractivity contribution in [3.05, 3.63) is 80.6 Å². The Balaban J connectivity index is 1.81. The highest BCUT2D eigenvalue weighted by atomic mass is 19.1. The minimum atomic E-state index is -0.599. The van der Waals surface area contributed by atoms with Crippen LogP contribution in [0.2, 0.25) is 0 Å². The second kappa shape index (κ2) is 7.32. The van der Waals surface area contributed by atoms with Gasteiger partial charge in [-0.3, -0.25) is 24.3 Å². The van der Waals surface area contributed by atoms with Gasteiger partial charge >= 0.3 is 0 Å². The summed E-state index contributed by atoms with van der Waals surface area (Å²) in [5.74, 6) is -0.719. The van der Waals surface area contributed by atoms with Crippen molar-refractivity contribution in [1.82, 2.24) is 14.5 Å². The van der Waals surface area contributed by atoms with Crippen LogP contribution in [0.25, 0.3) is 10.9 Å². The number of carbonyl (C=O) groups is 1. The highest BCUT2D eigenvalue weighted by Crippen LogP contribution is 2.16. The number of amides is 1. The fourth-order valence-corrected chi connectivity index (χ4v) is 2.59. The van der Waals surface area contributed by atoms with Gasteiger partial charge < -0.3 is 4.90 Å². The van der Waals surface area contributed by atoms with Crippen LogP contribution in [0, 0.1) is 15.9 Å². The number of nitro benzene ring substituents is 1. The van der Waals surface area contributed by atoms with E-state index in [0.717, 1.165) is 16.2 Å². The first-order chi connectivity index (χ1) is 12.8. The van der Waals surface area contributed by atoms with Crippen molar-refractivity contribution in [2.75, 3.05) is 7.05 Å². The van der Waals surface area contributed by atoms with Crippen LogP contribution < -0.4 is 5.56 Å². The summed E-state index contributed by atoms with van der Waals surface area (Å²) >= 11 is 0. The van der Waals surface area contributed by atoms with Crippen LogP contribution >= 0.6 is 0 Å². The zero-order valence-corrected chi connectivity index (χ0v) is 14.3. The second-order valence-corrected chi connectivity index (χ2v) is 6.01. The number of hydrogen-bond donors (Lipinski definition) is 0. The summed E-state index contributed by atoms with van der Waals surface area (Å²) in [5.41, 5.74) is 0.298. The van der Waals surface area contributed by atoms with Crippen LogP contribution in [-0.2, 0) is 17.9 Å². The van der Waals surface area contributed by atoms with Crippen molar-refractivity contribution in [1.29, 1.82) is 0 Å². The minimum absolute atomic E-state index is 0.0701. The van der Waals surface area contributed by atoms with Gasteiger partial charge in [0.1, 0.15) is 12.4 Å². The lowest BCUT2D eigenvalue weighted by Crippen LogP contribution is -2.33. The van der Waals surface area contributed by atoms with Gasteiger partial charge in [0.05, 0.1) is 22.2 Å². The highest BCUT2D eigenvalue weighted by molar-refractivity contribution is 5.80. The first kappa shape index (κ1) is 18.2. The minimum Gasteiger partial charge on any atom is -0.340 e. The summed E-state index contributed by atoms with van der Waals surface area (Å²) in [5, 5.41) is 11.0. The van der Waals surface area contributed by atoms with Crippen LogP contribution in [0.5, 0.6) is 0 Å². The van der Waals surface area contributed by atoms with Crippen molar-refractivity contribution in [3.63, 3.8) is 0 Å². The van der Waals surface area contributed by atoms with Crippen molar-refractivity contribution >= 4 is 22.5 Å². The molecule has 8 nitrogen and oxygen atoms in total.